The van der Waals surface area contributed by atoms with Gasteiger partial charge in [-0.1, -0.05) is 36.4 Å². The van der Waals surface area contributed by atoms with Crippen molar-refractivity contribution >= 4 is 27.6 Å². The van der Waals surface area contributed by atoms with Crippen LogP contribution in [-0.4, -0.2) is 24.5 Å². The zero-order valence-corrected chi connectivity index (χ0v) is 16.7. The summed E-state index contributed by atoms with van der Waals surface area (Å²) in [4.78, 5) is 14.0. The number of aryl methyl sites for hydroxylation is 1. The first-order chi connectivity index (χ1) is 12.3. The standard InChI is InChI=1S/C20H23BrN2O3/c1-13-9-10-15(21)16(11-13)23(19(22)24)17-12-25-20(2,3)26-18(17)14-7-5-4-6-8-14/h4-11,17-18H,12H2,1-3H3,(H2,22,24)/t17-,18-/m0/s1. The van der Waals surface area contributed by atoms with Gasteiger partial charge in [0.15, 0.2) is 5.79 Å². The maximum atomic E-state index is 12.4. The van der Waals surface area contributed by atoms with Gasteiger partial charge in [-0.25, -0.2) is 4.79 Å². The third kappa shape index (κ3) is 3.92. The minimum absolute atomic E-state index is 0.315. The lowest BCUT2D eigenvalue weighted by molar-refractivity contribution is -0.281. The number of hydrogen-bond acceptors (Lipinski definition) is 3. The average Bonchev–Trinajstić information content (AvgIpc) is 2.59. The number of carbonyl (C=O) groups excluding carboxylic acids is 1. The average molecular weight is 419 g/mol. The third-order valence-electron chi connectivity index (χ3n) is 4.42. The molecule has 2 N–H and O–H groups in total. The second kappa shape index (κ2) is 7.39. The fraction of sp³-hybridized carbons (Fsp3) is 0.350. The molecule has 2 aromatic rings. The summed E-state index contributed by atoms with van der Waals surface area (Å²) in [7, 11) is 0. The van der Waals surface area contributed by atoms with E-state index in [4.69, 9.17) is 15.2 Å². The van der Waals surface area contributed by atoms with Gasteiger partial charge in [0.1, 0.15) is 6.10 Å². The SMILES string of the molecule is Cc1ccc(Br)c(N(C(N)=O)[C@H]2COC(C)(C)O[C@H]2c2ccccc2)c1. The Balaban J connectivity index is 2.06. The van der Waals surface area contributed by atoms with Crippen molar-refractivity contribution in [1.29, 1.82) is 0 Å². The first-order valence-electron chi connectivity index (χ1n) is 8.50. The van der Waals surface area contributed by atoms with Crippen LogP contribution in [0.25, 0.3) is 0 Å². The molecule has 0 saturated carbocycles. The van der Waals surface area contributed by atoms with E-state index in [1.54, 1.807) is 4.90 Å². The Morgan fingerprint density at radius 2 is 1.92 bits per heavy atom. The van der Waals surface area contributed by atoms with Gasteiger partial charge < -0.3 is 15.2 Å². The molecule has 1 heterocycles. The monoisotopic (exact) mass is 418 g/mol. The van der Waals surface area contributed by atoms with Gasteiger partial charge in [-0.3, -0.25) is 4.90 Å². The quantitative estimate of drug-likeness (QED) is 0.795. The summed E-state index contributed by atoms with van der Waals surface area (Å²) in [5.74, 6) is -0.746. The van der Waals surface area contributed by atoms with Gasteiger partial charge in [-0.2, -0.15) is 0 Å². The van der Waals surface area contributed by atoms with Crippen LogP contribution in [0.4, 0.5) is 10.5 Å². The zero-order valence-electron chi connectivity index (χ0n) is 15.1. The molecular formula is C20H23BrN2O3. The summed E-state index contributed by atoms with van der Waals surface area (Å²) in [6.45, 7) is 6.03. The number of halogens is 1. The second-order valence-electron chi connectivity index (χ2n) is 6.89. The first kappa shape index (κ1) is 18.9. The highest BCUT2D eigenvalue weighted by Crippen LogP contribution is 2.39. The maximum absolute atomic E-state index is 12.4. The smallest absolute Gasteiger partial charge is 0.319 e. The van der Waals surface area contributed by atoms with Crippen LogP contribution < -0.4 is 10.6 Å². The molecule has 0 aliphatic carbocycles. The number of nitrogens with two attached hydrogens (primary N) is 1. The van der Waals surface area contributed by atoms with E-state index in [2.05, 4.69) is 15.9 Å². The first-order valence-corrected chi connectivity index (χ1v) is 9.29. The predicted octanol–water partition coefficient (Wildman–Crippen LogP) is 4.54. The van der Waals surface area contributed by atoms with Crippen molar-refractivity contribution in [2.75, 3.05) is 11.5 Å². The van der Waals surface area contributed by atoms with Crippen LogP contribution in [0.5, 0.6) is 0 Å². The van der Waals surface area contributed by atoms with E-state index in [0.29, 0.717) is 12.3 Å². The van der Waals surface area contributed by atoms with Crippen molar-refractivity contribution in [2.45, 2.75) is 38.7 Å². The molecular weight excluding hydrogens is 396 g/mol. The van der Waals surface area contributed by atoms with Crippen molar-refractivity contribution in [2.24, 2.45) is 5.73 Å². The molecule has 0 bridgehead atoms. The minimum Gasteiger partial charge on any atom is -0.351 e. The number of urea groups is 1. The molecule has 1 aliphatic rings. The Labute approximate surface area is 162 Å². The van der Waals surface area contributed by atoms with Gasteiger partial charge in [0, 0.05) is 4.47 Å². The summed E-state index contributed by atoms with van der Waals surface area (Å²) in [6.07, 6.45) is -0.361. The molecule has 1 fully saturated rings. The number of primary amides is 1. The number of benzene rings is 2. The van der Waals surface area contributed by atoms with Gasteiger partial charge in [0.05, 0.1) is 18.3 Å². The Bertz CT molecular complexity index is 795. The van der Waals surface area contributed by atoms with E-state index in [0.717, 1.165) is 15.6 Å². The number of rotatable bonds is 3. The van der Waals surface area contributed by atoms with E-state index < -0.39 is 11.8 Å². The molecule has 26 heavy (non-hydrogen) atoms. The molecule has 3 rings (SSSR count). The Kier molecular flexibility index (Phi) is 5.37. The summed E-state index contributed by atoms with van der Waals surface area (Å²) in [5, 5.41) is 0. The molecule has 2 atom stereocenters. The van der Waals surface area contributed by atoms with Crippen molar-refractivity contribution < 1.29 is 14.3 Å². The lowest BCUT2D eigenvalue weighted by Gasteiger charge is -2.45. The summed E-state index contributed by atoms with van der Waals surface area (Å²) in [5.41, 5.74) is 8.49. The lowest BCUT2D eigenvalue weighted by Crippen LogP contribution is -2.55. The highest BCUT2D eigenvalue weighted by molar-refractivity contribution is 9.10. The van der Waals surface area contributed by atoms with Gasteiger partial charge in [0.2, 0.25) is 0 Å². The number of anilines is 1. The van der Waals surface area contributed by atoms with E-state index in [-0.39, 0.29) is 12.1 Å². The van der Waals surface area contributed by atoms with Crippen LogP contribution >= 0.6 is 15.9 Å². The predicted molar refractivity (Wildman–Crippen MR) is 105 cm³/mol. The largest absolute Gasteiger partial charge is 0.351 e. The van der Waals surface area contributed by atoms with Crippen molar-refractivity contribution in [3.05, 3.63) is 64.1 Å². The highest BCUT2D eigenvalue weighted by Gasteiger charge is 2.42. The maximum Gasteiger partial charge on any atom is 0.319 e. The fourth-order valence-corrected chi connectivity index (χ4v) is 3.64. The Hall–Kier alpha value is -1.89. The topological polar surface area (TPSA) is 64.8 Å². The molecule has 1 aliphatic heterocycles. The molecule has 2 amide bonds. The van der Waals surface area contributed by atoms with Crippen molar-refractivity contribution in [3.63, 3.8) is 0 Å². The Morgan fingerprint density at radius 3 is 2.58 bits per heavy atom. The highest BCUT2D eigenvalue weighted by atomic mass is 79.9. The molecule has 0 unspecified atom stereocenters. The molecule has 0 radical (unpaired) electrons. The molecule has 5 nitrogen and oxygen atoms in total. The molecule has 6 heteroatoms. The summed E-state index contributed by atoms with van der Waals surface area (Å²) < 4.78 is 12.9. The molecule has 0 spiro atoms. The van der Waals surface area contributed by atoms with Crippen molar-refractivity contribution in [1.82, 2.24) is 0 Å². The molecule has 138 valence electrons. The molecule has 0 aromatic heterocycles. The van der Waals surface area contributed by atoms with Gasteiger partial charge in [0.25, 0.3) is 0 Å². The van der Waals surface area contributed by atoms with Crippen LogP contribution in [0.3, 0.4) is 0 Å². The van der Waals surface area contributed by atoms with Crippen LogP contribution in [0, 0.1) is 6.92 Å². The number of amides is 2. The van der Waals surface area contributed by atoms with E-state index in [1.165, 1.54) is 0 Å². The number of hydrogen-bond donors (Lipinski definition) is 1. The van der Waals surface area contributed by atoms with Crippen LogP contribution in [-0.2, 0) is 9.47 Å². The fourth-order valence-electron chi connectivity index (χ4n) is 3.20. The van der Waals surface area contributed by atoms with Gasteiger partial charge >= 0.3 is 6.03 Å². The zero-order chi connectivity index (χ0) is 18.9. The van der Waals surface area contributed by atoms with E-state index >= 15 is 0 Å². The second-order valence-corrected chi connectivity index (χ2v) is 7.74. The van der Waals surface area contributed by atoms with Crippen LogP contribution in [0.15, 0.2) is 53.0 Å². The van der Waals surface area contributed by atoms with Crippen molar-refractivity contribution in [3.8, 4) is 0 Å². The molecule has 1 saturated heterocycles. The van der Waals surface area contributed by atoms with Gasteiger partial charge in [-0.05, 0) is 60.0 Å². The van der Waals surface area contributed by atoms with E-state index in [1.807, 2.05) is 69.3 Å². The number of nitrogens with zero attached hydrogens (tertiary/aromatic N) is 1. The van der Waals surface area contributed by atoms with Crippen LogP contribution in [0.1, 0.15) is 31.1 Å². The van der Waals surface area contributed by atoms with Crippen LogP contribution in [0.2, 0.25) is 0 Å². The minimum atomic E-state index is -0.746. The summed E-state index contributed by atoms with van der Waals surface area (Å²) >= 11 is 3.53. The van der Waals surface area contributed by atoms with Gasteiger partial charge in [-0.15, -0.1) is 0 Å². The Morgan fingerprint density at radius 1 is 1.23 bits per heavy atom. The number of ether oxygens (including phenoxy) is 2. The van der Waals surface area contributed by atoms with E-state index in [9.17, 15) is 4.79 Å². The lowest BCUT2D eigenvalue weighted by atomic mass is 9.98. The molecule has 2 aromatic carbocycles. The third-order valence-corrected chi connectivity index (χ3v) is 5.09. The normalized spacial score (nSPS) is 22.0. The summed E-state index contributed by atoms with van der Waals surface area (Å²) in [6, 6.07) is 14.7. The number of carbonyl (C=O) groups is 1.